The lowest BCUT2D eigenvalue weighted by Crippen LogP contribution is -2.21. The van der Waals surface area contributed by atoms with Crippen LogP contribution in [0.1, 0.15) is 17.2 Å². The monoisotopic (exact) mass is 241 g/mol. The SMILES string of the molecule is Cc1c(Cl)cccc1C(O)C(O)CN=[N+]=[N-]. The zero-order valence-corrected chi connectivity index (χ0v) is 9.46. The highest BCUT2D eigenvalue weighted by atomic mass is 35.5. The number of hydrogen-bond acceptors (Lipinski definition) is 3. The number of azide groups is 1. The van der Waals surface area contributed by atoms with E-state index in [1.807, 2.05) is 0 Å². The number of benzene rings is 1. The van der Waals surface area contributed by atoms with Crippen molar-refractivity contribution in [2.75, 3.05) is 6.54 Å². The van der Waals surface area contributed by atoms with E-state index in [0.717, 1.165) is 0 Å². The number of hydrogen-bond donors (Lipinski definition) is 2. The first kappa shape index (κ1) is 12.8. The van der Waals surface area contributed by atoms with Crippen molar-refractivity contribution in [1.29, 1.82) is 0 Å². The van der Waals surface area contributed by atoms with Gasteiger partial charge < -0.3 is 10.2 Å². The molecule has 5 nitrogen and oxygen atoms in total. The van der Waals surface area contributed by atoms with Crippen molar-refractivity contribution in [3.63, 3.8) is 0 Å². The number of halogens is 1. The molecule has 0 bridgehead atoms. The first-order valence-electron chi connectivity index (χ1n) is 4.70. The Morgan fingerprint density at radius 1 is 1.50 bits per heavy atom. The van der Waals surface area contributed by atoms with Crippen LogP contribution in [0.2, 0.25) is 5.02 Å². The van der Waals surface area contributed by atoms with Gasteiger partial charge >= 0.3 is 0 Å². The molecule has 2 atom stereocenters. The molecule has 0 spiro atoms. The van der Waals surface area contributed by atoms with Gasteiger partial charge in [0.15, 0.2) is 0 Å². The molecule has 2 unspecified atom stereocenters. The minimum absolute atomic E-state index is 0.177. The van der Waals surface area contributed by atoms with E-state index in [0.29, 0.717) is 16.1 Å². The number of aliphatic hydroxyl groups is 2. The summed E-state index contributed by atoms with van der Waals surface area (Å²) in [6.07, 6.45) is -2.24. The number of nitrogens with zero attached hydrogens (tertiary/aromatic N) is 3. The summed E-state index contributed by atoms with van der Waals surface area (Å²) in [6, 6.07) is 5.06. The van der Waals surface area contributed by atoms with Crippen molar-refractivity contribution in [3.8, 4) is 0 Å². The van der Waals surface area contributed by atoms with E-state index in [2.05, 4.69) is 10.0 Å². The van der Waals surface area contributed by atoms with E-state index in [1.165, 1.54) is 0 Å². The summed E-state index contributed by atoms with van der Waals surface area (Å²) in [4.78, 5) is 2.52. The maximum absolute atomic E-state index is 9.83. The minimum atomic E-state index is -1.13. The minimum Gasteiger partial charge on any atom is -0.390 e. The van der Waals surface area contributed by atoms with Gasteiger partial charge in [0.05, 0.1) is 12.6 Å². The van der Waals surface area contributed by atoms with Gasteiger partial charge in [-0.15, -0.1) is 0 Å². The standard InChI is InChI=1S/C10H12ClN3O2/c1-6-7(3-2-4-8(6)11)10(16)9(15)5-13-14-12/h2-4,9-10,15-16H,5H2,1H3. The summed E-state index contributed by atoms with van der Waals surface area (Å²) in [6.45, 7) is 1.57. The van der Waals surface area contributed by atoms with Gasteiger partial charge in [0.25, 0.3) is 0 Å². The third kappa shape index (κ3) is 2.87. The molecule has 1 rings (SSSR count). The zero-order chi connectivity index (χ0) is 12.1. The van der Waals surface area contributed by atoms with Crippen LogP contribution in [-0.4, -0.2) is 22.9 Å². The molecule has 0 aromatic heterocycles. The van der Waals surface area contributed by atoms with Crippen LogP contribution in [0, 0.1) is 6.92 Å². The van der Waals surface area contributed by atoms with Gasteiger partial charge in [-0.3, -0.25) is 0 Å². The Kier molecular flexibility index (Phi) is 4.58. The second-order valence-corrected chi connectivity index (χ2v) is 3.79. The molecule has 86 valence electrons. The summed E-state index contributed by atoms with van der Waals surface area (Å²) in [5.41, 5.74) is 9.35. The van der Waals surface area contributed by atoms with Crippen LogP contribution in [0.25, 0.3) is 10.4 Å². The number of aliphatic hydroxyl groups excluding tert-OH is 2. The van der Waals surface area contributed by atoms with Gasteiger partial charge in [0.2, 0.25) is 0 Å². The predicted octanol–water partition coefficient (Wildman–Crippen LogP) is 2.35. The third-order valence-electron chi connectivity index (χ3n) is 2.32. The van der Waals surface area contributed by atoms with E-state index >= 15 is 0 Å². The second-order valence-electron chi connectivity index (χ2n) is 3.38. The van der Waals surface area contributed by atoms with Crippen LogP contribution in [0.4, 0.5) is 0 Å². The Balaban J connectivity index is 2.91. The summed E-state index contributed by atoms with van der Waals surface area (Å²) in [5.74, 6) is 0. The molecular weight excluding hydrogens is 230 g/mol. The smallest absolute Gasteiger partial charge is 0.105 e. The summed E-state index contributed by atoms with van der Waals surface area (Å²) in [7, 11) is 0. The fraction of sp³-hybridized carbons (Fsp3) is 0.400. The highest BCUT2D eigenvalue weighted by Crippen LogP contribution is 2.26. The van der Waals surface area contributed by atoms with Gasteiger partial charge in [-0.1, -0.05) is 28.8 Å². The maximum atomic E-state index is 9.83. The largest absolute Gasteiger partial charge is 0.390 e. The molecule has 2 N–H and O–H groups in total. The average molecular weight is 242 g/mol. The lowest BCUT2D eigenvalue weighted by Gasteiger charge is -2.18. The molecule has 0 radical (unpaired) electrons. The topological polar surface area (TPSA) is 89.2 Å². The summed E-state index contributed by atoms with van der Waals surface area (Å²) >= 11 is 5.89. The average Bonchev–Trinajstić information content (AvgIpc) is 2.28. The molecule has 6 heteroatoms. The van der Waals surface area contributed by atoms with Crippen molar-refractivity contribution < 1.29 is 10.2 Å². The first-order valence-corrected chi connectivity index (χ1v) is 5.07. The molecule has 1 aromatic carbocycles. The molecule has 0 saturated carbocycles. The molecule has 16 heavy (non-hydrogen) atoms. The molecule has 0 saturated heterocycles. The van der Waals surface area contributed by atoms with Crippen LogP contribution in [0.5, 0.6) is 0 Å². The third-order valence-corrected chi connectivity index (χ3v) is 2.73. The van der Waals surface area contributed by atoms with E-state index in [1.54, 1.807) is 25.1 Å². The van der Waals surface area contributed by atoms with E-state index in [9.17, 15) is 10.2 Å². The fourth-order valence-electron chi connectivity index (χ4n) is 1.37. The lowest BCUT2D eigenvalue weighted by molar-refractivity contribution is 0.0240. The van der Waals surface area contributed by atoms with Crippen LogP contribution >= 0.6 is 11.6 Å². The first-order chi connectivity index (χ1) is 7.57. The maximum Gasteiger partial charge on any atom is 0.105 e. The van der Waals surface area contributed by atoms with Crippen molar-refractivity contribution in [2.24, 2.45) is 5.11 Å². The highest BCUT2D eigenvalue weighted by molar-refractivity contribution is 6.31. The van der Waals surface area contributed by atoms with E-state index < -0.39 is 12.2 Å². The normalized spacial score (nSPS) is 14.0. The summed E-state index contributed by atoms with van der Waals surface area (Å²) in [5, 5.41) is 23.1. The van der Waals surface area contributed by atoms with Crippen molar-refractivity contribution in [2.45, 2.75) is 19.1 Å². The molecule has 0 fully saturated rings. The number of rotatable bonds is 4. The molecule has 0 aliphatic carbocycles. The van der Waals surface area contributed by atoms with E-state index in [4.69, 9.17) is 17.1 Å². The Bertz CT molecular complexity index is 419. The fourth-order valence-corrected chi connectivity index (χ4v) is 1.55. The Morgan fingerprint density at radius 2 is 2.19 bits per heavy atom. The molecule has 1 aromatic rings. The molecule has 0 aliphatic heterocycles. The Labute approximate surface area is 97.9 Å². The molecular formula is C10H12ClN3O2. The Morgan fingerprint density at radius 3 is 2.81 bits per heavy atom. The zero-order valence-electron chi connectivity index (χ0n) is 8.71. The Hall–Kier alpha value is -1.26. The molecule has 0 amide bonds. The predicted molar refractivity (Wildman–Crippen MR) is 61.2 cm³/mol. The van der Waals surface area contributed by atoms with Gasteiger partial charge in [-0.2, -0.15) is 0 Å². The van der Waals surface area contributed by atoms with Crippen LogP contribution < -0.4 is 0 Å². The van der Waals surface area contributed by atoms with Crippen molar-refractivity contribution >= 4 is 11.6 Å². The van der Waals surface area contributed by atoms with Crippen LogP contribution in [0.15, 0.2) is 23.3 Å². The van der Waals surface area contributed by atoms with Gasteiger partial charge in [-0.05, 0) is 29.6 Å². The lowest BCUT2D eigenvalue weighted by atomic mass is 9.99. The van der Waals surface area contributed by atoms with Crippen molar-refractivity contribution in [1.82, 2.24) is 0 Å². The van der Waals surface area contributed by atoms with Crippen LogP contribution in [0.3, 0.4) is 0 Å². The summed E-state index contributed by atoms with van der Waals surface area (Å²) < 4.78 is 0. The van der Waals surface area contributed by atoms with Gasteiger partial charge in [0, 0.05) is 9.93 Å². The van der Waals surface area contributed by atoms with Crippen LogP contribution in [-0.2, 0) is 0 Å². The quantitative estimate of drug-likeness (QED) is 0.481. The second kappa shape index (κ2) is 5.72. The van der Waals surface area contributed by atoms with Gasteiger partial charge in [0.1, 0.15) is 6.10 Å². The molecule has 0 heterocycles. The van der Waals surface area contributed by atoms with Crippen molar-refractivity contribution in [3.05, 3.63) is 44.8 Å². The van der Waals surface area contributed by atoms with E-state index in [-0.39, 0.29) is 6.54 Å². The molecule has 0 aliphatic rings. The van der Waals surface area contributed by atoms with Gasteiger partial charge in [-0.25, -0.2) is 0 Å². The highest BCUT2D eigenvalue weighted by Gasteiger charge is 2.19.